The maximum Gasteiger partial charge on any atom is 0.490 e. The van der Waals surface area contributed by atoms with Crippen LogP contribution in [0.3, 0.4) is 0 Å². The maximum atomic E-state index is 13.0. The fourth-order valence-corrected chi connectivity index (χ4v) is 4.52. The molecule has 1 aromatic rings. The third kappa shape index (κ3) is 9.74. The Labute approximate surface area is 214 Å². The van der Waals surface area contributed by atoms with E-state index in [9.17, 15) is 31.1 Å². The van der Waals surface area contributed by atoms with E-state index in [0.717, 1.165) is 31.1 Å². The number of carbonyl (C=O) groups excluding carboxylic acids is 1. The molecule has 0 radical (unpaired) electrons. The first-order valence-corrected chi connectivity index (χ1v) is 11.8. The van der Waals surface area contributed by atoms with E-state index in [1.54, 1.807) is 6.20 Å². The van der Waals surface area contributed by atoms with E-state index in [1.807, 2.05) is 23.2 Å². The molecule has 15 heteroatoms. The predicted octanol–water partition coefficient (Wildman–Crippen LogP) is 3.34. The summed E-state index contributed by atoms with van der Waals surface area (Å²) in [6.45, 7) is 3.95. The van der Waals surface area contributed by atoms with Gasteiger partial charge in [0, 0.05) is 38.1 Å². The molecule has 0 bridgehead atoms. The number of likely N-dealkylation sites (tertiary alicyclic amines) is 1. The van der Waals surface area contributed by atoms with Gasteiger partial charge in [0.2, 0.25) is 5.91 Å². The van der Waals surface area contributed by atoms with Gasteiger partial charge in [-0.25, -0.2) is 9.59 Å². The van der Waals surface area contributed by atoms with Gasteiger partial charge in [0.1, 0.15) is 0 Å². The van der Waals surface area contributed by atoms with Crippen LogP contribution in [0.4, 0.5) is 26.3 Å². The lowest BCUT2D eigenvalue weighted by molar-refractivity contribution is -0.193. The lowest BCUT2D eigenvalue weighted by Crippen LogP contribution is -2.51. The molecule has 1 aromatic heterocycles. The number of alkyl halides is 6. The van der Waals surface area contributed by atoms with Gasteiger partial charge in [0.15, 0.2) is 0 Å². The molecule has 214 valence electrons. The van der Waals surface area contributed by atoms with Crippen molar-refractivity contribution in [3.05, 3.63) is 30.1 Å². The molecule has 0 spiro atoms. The van der Waals surface area contributed by atoms with Crippen LogP contribution in [0.1, 0.15) is 37.7 Å². The zero-order valence-electron chi connectivity index (χ0n) is 20.2. The van der Waals surface area contributed by atoms with Gasteiger partial charge < -0.3 is 19.8 Å². The van der Waals surface area contributed by atoms with E-state index in [1.165, 1.54) is 25.7 Å². The second kappa shape index (κ2) is 13.7. The Hall–Kier alpha value is -2.94. The summed E-state index contributed by atoms with van der Waals surface area (Å²) in [5.41, 5.74) is 1.09. The van der Waals surface area contributed by atoms with E-state index in [2.05, 4.69) is 9.88 Å². The Morgan fingerprint density at radius 2 is 1.58 bits per heavy atom. The van der Waals surface area contributed by atoms with Gasteiger partial charge in [-0.3, -0.25) is 14.7 Å². The number of halogens is 6. The first kappa shape index (κ1) is 31.3. The molecule has 3 fully saturated rings. The van der Waals surface area contributed by atoms with Gasteiger partial charge in [-0.05, 0) is 37.4 Å². The lowest BCUT2D eigenvalue weighted by Gasteiger charge is -2.40. The molecule has 2 N–H and O–H groups in total. The van der Waals surface area contributed by atoms with Gasteiger partial charge in [-0.1, -0.05) is 18.9 Å². The fraction of sp³-hybridized carbons (Fsp3) is 0.652. The predicted molar refractivity (Wildman–Crippen MR) is 119 cm³/mol. The summed E-state index contributed by atoms with van der Waals surface area (Å²) in [7, 11) is 0. The zero-order valence-corrected chi connectivity index (χ0v) is 20.2. The Bertz CT molecular complexity index is 900. The molecule has 2 aliphatic heterocycles. The average Bonchev–Trinajstić information content (AvgIpc) is 3.33. The number of carboxylic acids is 2. The lowest BCUT2D eigenvalue weighted by atomic mass is 9.91. The van der Waals surface area contributed by atoms with Crippen LogP contribution in [0.5, 0.6) is 0 Å². The number of amides is 1. The highest BCUT2D eigenvalue weighted by Crippen LogP contribution is 2.31. The number of ether oxygens (including phenoxy) is 1. The number of piperidine rings is 1. The molecule has 0 unspecified atom stereocenters. The van der Waals surface area contributed by atoms with Crippen LogP contribution in [-0.4, -0.2) is 93.6 Å². The Morgan fingerprint density at radius 3 is 2.08 bits per heavy atom. The maximum absolute atomic E-state index is 13.0. The second-order valence-corrected chi connectivity index (χ2v) is 8.96. The van der Waals surface area contributed by atoms with Gasteiger partial charge >= 0.3 is 24.3 Å². The Kier molecular flexibility index (Phi) is 11.3. The van der Waals surface area contributed by atoms with Gasteiger partial charge in [0.25, 0.3) is 0 Å². The molecule has 1 aliphatic carbocycles. The number of aromatic nitrogens is 1. The van der Waals surface area contributed by atoms with Gasteiger partial charge in [0.05, 0.1) is 18.6 Å². The Balaban J connectivity index is 0.000000301. The normalized spacial score (nSPS) is 22.8. The minimum atomic E-state index is -5.08. The number of fused-ring (bicyclic) bond motifs is 1. The molecule has 4 rings (SSSR count). The van der Waals surface area contributed by atoms with Crippen molar-refractivity contribution >= 4 is 17.8 Å². The summed E-state index contributed by atoms with van der Waals surface area (Å²) < 4.78 is 69.6. The highest BCUT2D eigenvalue weighted by molar-refractivity contribution is 5.80. The summed E-state index contributed by atoms with van der Waals surface area (Å²) in [6, 6.07) is 4.68. The van der Waals surface area contributed by atoms with Gasteiger partial charge in [-0.15, -0.1) is 0 Å². The molecule has 38 heavy (non-hydrogen) atoms. The van der Waals surface area contributed by atoms with Crippen LogP contribution in [0.15, 0.2) is 24.5 Å². The minimum absolute atomic E-state index is 0.0295. The largest absolute Gasteiger partial charge is 0.490 e. The zero-order chi connectivity index (χ0) is 28.5. The first-order chi connectivity index (χ1) is 17.7. The van der Waals surface area contributed by atoms with Crippen LogP contribution in [0, 0.1) is 5.92 Å². The third-order valence-corrected chi connectivity index (χ3v) is 6.33. The monoisotopic (exact) mass is 557 g/mol. The van der Waals surface area contributed by atoms with E-state index < -0.39 is 24.3 Å². The average molecular weight is 557 g/mol. The molecular weight excluding hydrogens is 528 g/mol. The van der Waals surface area contributed by atoms with Crippen LogP contribution < -0.4 is 0 Å². The molecule has 2 saturated heterocycles. The smallest absolute Gasteiger partial charge is 0.475 e. The number of rotatable bonds is 3. The number of carbonyl (C=O) groups is 3. The van der Waals surface area contributed by atoms with Crippen molar-refractivity contribution in [1.82, 2.24) is 14.8 Å². The van der Waals surface area contributed by atoms with Crippen molar-refractivity contribution in [2.24, 2.45) is 5.92 Å². The molecule has 3 heterocycles. The summed E-state index contributed by atoms with van der Waals surface area (Å²) in [5.74, 6) is -5.21. The number of aliphatic carboxylic acids is 2. The molecule has 2 atom stereocenters. The number of hydrogen-bond acceptors (Lipinski definition) is 6. The number of nitrogens with zero attached hydrogens (tertiary/aromatic N) is 3. The standard InChI is InChI=1S/C19H27N3O2.2C2HF3O2/c23-19-17-7-9-21(16-5-1-2-6-16)14-18(17)24-11-10-22(19)13-15-4-3-8-20-12-15;2*3-2(4,5)1(6)7/h3-4,8,12,16-18H,1-2,5-7,9-11,13-14H2;2*(H,6,7)/t17-,18+;;/m1../s1. The number of pyridine rings is 1. The highest BCUT2D eigenvalue weighted by atomic mass is 19.4. The second-order valence-electron chi connectivity index (χ2n) is 8.96. The molecule has 1 amide bonds. The topological polar surface area (TPSA) is 120 Å². The van der Waals surface area contributed by atoms with Crippen molar-refractivity contribution in [2.45, 2.75) is 63.1 Å². The van der Waals surface area contributed by atoms with Crippen LogP contribution in [-0.2, 0) is 25.7 Å². The van der Waals surface area contributed by atoms with E-state index in [0.29, 0.717) is 19.7 Å². The SMILES string of the molecule is O=C(O)C(F)(F)F.O=C(O)C(F)(F)F.O=C1[C@@H]2CCN(C3CCCC3)C[C@@H]2OCCN1Cc1cccnc1. The van der Waals surface area contributed by atoms with E-state index >= 15 is 0 Å². The number of hydrogen-bond donors (Lipinski definition) is 2. The summed E-state index contributed by atoms with van der Waals surface area (Å²) >= 11 is 0. The van der Waals surface area contributed by atoms with Crippen molar-refractivity contribution in [3.8, 4) is 0 Å². The number of carboxylic acid groups (broad SMARTS) is 2. The van der Waals surface area contributed by atoms with E-state index in [-0.39, 0.29) is 17.9 Å². The van der Waals surface area contributed by atoms with Gasteiger partial charge in [-0.2, -0.15) is 26.3 Å². The van der Waals surface area contributed by atoms with Crippen molar-refractivity contribution in [1.29, 1.82) is 0 Å². The minimum Gasteiger partial charge on any atom is -0.475 e. The van der Waals surface area contributed by atoms with Crippen molar-refractivity contribution in [3.63, 3.8) is 0 Å². The summed E-state index contributed by atoms with van der Waals surface area (Å²) in [6.07, 6.45) is -0.196. The highest BCUT2D eigenvalue weighted by Gasteiger charge is 2.41. The molecule has 0 aromatic carbocycles. The molecule has 1 saturated carbocycles. The van der Waals surface area contributed by atoms with Crippen LogP contribution >= 0.6 is 0 Å². The molecule has 9 nitrogen and oxygen atoms in total. The van der Waals surface area contributed by atoms with Crippen molar-refractivity contribution < 1.29 is 55.7 Å². The third-order valence-electron chi connectivity index (χ3n) is 6.33. The van der Waals surface area contributed by atoms with E-state index in [4.69, 9.17) is 24.5 Å². The fourth-order valence-electron chi connectivity index (χ4n) is 4.52. The van der Waals surface area contributed by atoms with Crippen LogP contribution in [0.2, 0.25) is 0 Å². The molecule has 3 aliphatic rings. The van der Waals surface area contributed by atoms with Crippen LogP contribution in [0.25, 0.3) is 0 Å². The quantitative estimate of drug-likeness (QED) is 0.544. The van der Waals surface area contributed by atoms with Crippen molar-refractivity contribution in [2.75, 3.05) is 26.2 Å². The summed E-state index contributed by atoms with van der Waals surface area (Å²) in [4.78, 5) is 39.5. The Morgan fingerprint density at radius 1 is 1.00 bits per heavy atom. The summed E-state index contributed by atoms with van der Waals surface area (Å²) in [5, 5.41) is 14.2. The molecular formula is C23H29F6N3O6. The first-order valence-electron chi connectivity index (χ1n) is 11.8.